The number of hydrogen-bond donors (Lipinski definition) is 1. The summed E-state index contributed by atoms with van der Waals surface area (Å²) >= 11 is 0. The van der Waals surface area contributed by atoms with Gasteiger partial charge in [-0.15, -0.1) is 0 Å². The molecule has 0 aliphatic carbocycles. The molecule has 0 saturated carbocycles. The second kappa shape index (κ2) is 4.53. The molecule has 1 aromatic carbocycles. The average molecular weight is 211 g/mol. The summed E-state index contributed by atoms with van der Waals surface area (Å²) in [4.78, 5) is 0. The monoisotopic (exact) mass is 211 g/mol. The standard InChI is InChI=1S/C12H17NO2/c1-3-13-9(2)6-10-4-5-11-12(7-10)15-8-14-11/h4-5,7,9,13H,3,6,8H2,1-2H3/i1D3,3D. The van der Waals surface area contributed by atoms with Gasteiger partial charge in [0.25, 0.3) is 0 Å². The van der Waals surface area contributed by atoms with Gasteiger partial charge in [0.05, 0.1) is 0 Å². The average Bonchev–Trinajstić information content (AvgIpc) is 2.74. The van der Waals surface area contributed by atoms with Gasteiger partial charge in [0.2, 0.25) is 6.79 Å². The highest BCUT2D eigenvalue weighted by atomic mass is 16.7. The maximum atomic E-state index is 7.52. The molecule has 0 radical (unpaired) electrons. The molecular weight excluding hydrogens is 190 g/mol. The minimum Gasteiger partial charge on any atom is -0.454 e. The van der Waals surface area contributed by atoms with Gasteiger partial charge < -0.3 is 14.8 Å². The van der Waals surface area contributed by atoms with Crippen LogP contribution in [0.2, 0.25) is 0 Å². The van der Waals surface area contributed by atoms with E-state index in [4.69, 9.17) is 15.0 Å². The highest BCUT2D eigenvalue weighted by Gasteiger charge is 2.13. The van der Waals surface area contributed by atoms with Gasteiger partial charge in [-0.05, 0) is 37.6 Å². The Hall–Kier alpha value is -1.22. The Morgan fingerprint density at radius 1 is 1.53 bits per heavy atom. The molecule has 1 heterocycles. The zero-order valence-corrected chi connectivity index (χ0v) is 8.62. The van der Waals surface area contributed by atoms with Crippen LogP contribution >= 0.6 is 0 Å². The lowest BCUT2D eigenvalue weighted by atomic mass is 10.1. The van der Waals surface area contributed by atoms with Gasteiger partial charge in [-0.3, -0.25) is 0 Å². The van der Waals surface area contributed by atoms with Crippen molar-refractivity contribution in [2.75, 3.05) is 13.3 Å². The number of benzene rings is 1. The van der Waals surface area contributed by atoms with Crippen molar-refractivity contribution in [2.45, 2.75) is 26.2 Å². The van der Waals surface area contributed by atoms with Gasteiger partial charge in [-0.2, -0.15) is 0 Å². The molecule has 3 heteroatoms. The summed E-state index contributed by atoms with van der Waals surface area (Å²) < 4.78 is 39.5. The Kier molecular flexibility index (Phi) is 1.93. The Balaban J connectivity index is 1.94. The molecule has 15 heavy (non-hydrogen) atoms. The van der Waals surface area contributed by atoms with E-state index in [-0.39, 0.29) is 12.8 Å². The molecule has 82 valence electrons. The van der Waals surface area contributed by atoms with Crippen molar-refractivity contribution >= 4 is 0 Å². The van der Waals surface area contributed by atoms with Crippen LogP contribution in [-0.2, 0) is 6.42 Å². The number of likely N-dealkylation sites (N-methyl/N-ethyl adjacent to an activating group) is 1. The number of hydrogen-bond acceptors (Lipinski definition) is 3. The van der Waals surface area contributed by atoms with E-state index in [1.54, 1.807) is 0 Å². The van der Waals surface area contributed by atoms with E-state index in [9.17, 15) is 0 Å². The normalized spacial score (nSPS) is 22.2. The Morgan fingerprint density at radius 2 is 2.40 bits per heavy atom. The fourth-order valence-corrected chi connectivity index (χ4v) is 1.62. The third-order valence-electron chi connectivity index (χ3n) is 2.35. The molecule has 2 unspecified atom stereocenters. The van der Waals surface area contributed by atoms with Crippen molar-refractivity contribution < 1.29 is 15.0 Å². The molecule has 0 amide bonds. The van der Waals surface area contributed by atoms with Crippen LogP contribution in [0, 0.1) is 0 Å². The summed E-state index contributed by atoms with van der Waals surface area (Å²) in [5.74, 6) is 1.44. The van der Waals surface area contributed by atoms with Crippen LogP contribution in [0.3, 0.4) is 0 Å². The summed E-state index contributed by atoms with van der Waals surface area (Å²) in [6.07, 6.45) is 0.627. The topological polar surface area (TPSA) is 30.5 Å². The van der Waals surface area contributed by atoms with E-state index in [1.165, 1.54) is 0 Å². The van der Waals surface area contributed by atoms with Crippen molar-refractivity contribution in [1.82, 2.24) is 5.32 Å². The fourth-order valence-electron chi connectivity index (χ4n) is 1.62. The van der Waals surface area contributed by atoms with Crippen molar-refractivity contribution in [3.8, 4) is 11.5 Å². The molecular formula is C12H17NO2. The SMILES string of the molecule is [2H]C(NC(C)Cc1ccc2c(c1)OCO2)C([2H])([2H])[2H]. The van der Waals surface area contributed by atoms with Gasteiger partial charge >= 0.3 is 0 Å². The van der Waals surface area contributed by atoms with Crippen molar-refractivity contribution in [3.63, 3.8) is 0 Å². The maximum Gasteiger partial charge on any atom is 0.231 e. The lowest BCUT2D eigenvalue weighted by molar-refractivity contribution is 0.174. The molecule has 1 N–H and O–H groups in total. The summed E-state index contributed by atoms with van der Waals surface area (Å²) in [6, 6.07) is 5.53. The minimum atomic E-state index is -2.30. The quantitative estimate of drug-likeness (QED) is 0.825. The molecule has 0 saturated heterocycles. The predicted octanol–water partition coefficient (Wildman–Crippen LogP) is 1.96. The molecule has 1 aliphatic heterocycles. The van der Waals surface area contributed by atoms with E-state index in [0.717, 1.165) is 11.3 Å². The molecule has 0 spiro atoms. The molecule has 0 fully saturated rings. The van der Waals surface area contributed by atoms with E-state index < -0.39 is 13.4 Å². The Labute approximate surface area is 96.0 Å². The zero-order valence-electron chi connectivity index (χ0n) is 12.6. The molecule has 3 nitrogen and oxygen atoms in total. The first-order valence-electron chi connectivity index (χ1n) is 7.01. The second-order valence-electron chi connectivity index (χ2n) is 3.60. The predicted molar refractivity (Wildman–Crippen MR) is 59.4 cm³/mol. The molecule has 0 aromatic heterocycles. The maximum absolute atomic E-state index is 7.52. The summed E-state index contributed by atoms with van der Waals surface area (Å²) in [6.45, 7) is -1.47. The van der Waals surface area contributed by atoms with E-state index in [0.29, 0.717) is 12.2 Å². The van der Waals surface area contributed by atoms with Gasteiger partial charge in [-0.25, -0.2) is 0 Å². The number of ether oxygens (including phenoxy) is 2. The van der Waals surface area contributed by atoms with Gasteiger partial charge in [0, 0.05) is 11.5 Å². The van der Waals surface area contributed by atoms with E-state index >= 15 is 0 Å². The van der Waals surface area contributed by atoms with Crippen LogP contribution in [0.4, 0.5) is 0 Å². The Bertz CT molecular complexity index is 450. The first-order valence-corrected chi connectivity index (χ1v) is 4.93. The molecule has 2 rings (SSSR count). The third-order valence-corrected chi connectivity index (χ3v) is 2.35. The Morgan fingerprint density at radius 3 is 3.27 bits per heavy atom. The van der Waals surface area contributed by atoms with E-state index in [2.05, 4.69) is 5.32 Å². The third kappa shape index (κ3) is 2.42. The van der Waals surface area contributed by atoms with Gasteiger partial charge in [-0.1, -0.05) is 12.9 Å². The molecule has 2 atom stereocenters. The molecule has 1 aliphatic rings. The summed E-state index contributed by atoms with van der Waals surface area (Å²) in [5.41, 5.74) is 1.02. The van der Waals surface area contributed by atoms with Crippen molar-refractivity contribution in [3.05, 3.63) is 23.8 Å². The highest BCUT2D eigenvalue weighted by Crippen LogP contribution is 2.32. The summed E-state index contributed by atoms with van der Waals surface area (Å²) in [5, 5.41) is 2.77. The van der Waals surface area contributed by atoms with Crippen LogP contribution in [0.15, 0.2) is 18.2 Å². The first kappa shape index (κ1) is 6.38. The zero-order chi connectivity index (χ0) is 14.0. The van der Waals surface area contributed by atoms with Crippen LogP contribution in [0.5, 0.6) is 11.5 Å². The number of rotatable bonds is 4. The lowest BCUT2D eigenvalue weighted by Crippen LogP contribution is -2.27. The smallest absolute Gasteiger partial charge is 0.231 e. The van der Waals surface area contributed by atoms with Crippen LogP contribution in [-0.4, -0.2) is 19.4 Å². The number of fused-ring (bicyclic) bond motifs is 1. The van der Waals surface area contributed by atoms with Gasteiger partial charge in [0.1, 0.15) is 0 Å². The van der Waals surface area contributed by atoms with Gasteiger partial charge in [0.15, 0.2) is 11.5 Å². The minimum absolute atomic E-state index is 0.108. The van der Waals surface area contributed by atoms with Crippen molar-refractivity contribution in [1.29, 1.82) is 0 Å². The molecule has 1 aromatic rings. The van der Waals surface area contributed by atoms with Crippen LogP contribution < -0.4 is 14.8 Å². The lowest BCUT2D eigenvalue weighted by Gasteiger charge is -2.12. The fraction of sp³-hybridized carbons (Fsp3) is 0.500. The van der Waals surface area contributed by atoms with Crippen LogP contribution in [0.25, 0.3) is 0 Å². The molecule has 0 bridgehead atoms. The van der Waals surface area contributed by atoms with Crippen LogP contribution in [0.1, 0.15) is 24.8 Å². The van der Waals surface area contributed by atoms with E-state index in [1.807, 2.05) is 25.1 Å². The van der Waals surface area contributed by atoms with Crippen molar-refractivity contribution in [2.24, 2.45) is 0 Å². The summed E-state index contributed by atoms with van der Waals surface area (Å²) in [7, 11) is 0. The number of nitrogens with one attached hydrogen (secondary N) is 1. The largest absolute Gasteiger partial charge is 0.454 e. The first-order chi connectivity index (χ1) is 8.86. The highest BCUT2D eigenvalue weighted by molar-refractivity contribution is 5.44. The second-order valence-corrected chi connectivity index (χ2v) is 3.60.